The molecule has 0 aromatic rings. The highest BCUT2D eigenvalue weighted by atomic mass is 32.2. The molecule has 0 fully saturated rings. The summed E-state index contributed by atoms with van der Waals surface area (Å²) in [7, 11) is 0. The Morgan fingerprint density at radius 3 is 2.50 bits per heavy atom. The average molecular weight is 305 g/mol. The average Bonchev–Trinajstić information content (AvgIpc) is 2.46. The van der Waals surface area contributed by atoms with Crippen molar-refractivity contribution in [2.24, 2.45) is 5.92 Å². The lowest BCUT2D eigenvalue weighted by molar-refractivity contribution is -0.129. The molecule has 0 aromatic carbocycles. The van der Waals surface area contributed by atoms with E-state index in [1.807, 2.05) is 6.26 Å². The van der Waals surface area contributed by atoms with Crippen LogP contribution in [-0.4, -0.2) is 46.9 Å². The Labute approximate surface area is 127 Å². The molecule has 4 nitrogen and oxygen atoms in total. The molecule has 20 heavy (non-hydrogen) atoms. The first-order chi connectivity index (χ1) is 9.56. The fraction of sp³-hybridized carbons (Fsp3) is 0.933. The minimum atomic E-state index is -0.591. The summed E-state index contributed by atoms with van der Waals surface area (Å²) in [4.78, 5) is 12.0. The van der Waals surface area contributed by atoms with Crippen molar-refractivity contribution < 1.29 is 15.0 Å². The number of unbranched alkanes of at least 4 members (excludes halogenated alkanes) is 3. The van der Waals surface area contributed by atoms with E-state index in [9.17, 15) is 15.0 Å². The lowest BCUT2D eigenvalue weighted by Gasteiger charge is -2.22. The zero-order valence-electron chi connectivity index (χ0n) is 13.1. The van der Waals surface area contributed by atoms with E-state index in [2.05, 4.69) is 12.2 Å². The summed E-state index contributed by atoms with van der Waals surface area (Å²) in [6.07, 6.45) is 7.24. The largest absolute Gasteiger partial charge is 0.394 e. The number of carbonyl (C=O) groups excluding carboxylic acids is 1. The van der Waals surface area contributed by atoms with Gasteiger partial charge >= 0.3 is 0 Å². The zero-order chi connectivity index (χ0) is 15.4. The third-order valence-corrected chi connectivity index (χ3v) is 4.23. The lowest BCUT2D eigenvalue weighted by atomic mass is 9.97. The second-order valence-corrected chi connectivity index (χ2v) is 6.36. The van der Waals surface area contributed by atoms with Crippen LogP contribution >= 0.6 is 11.8 Å². The van der Waals surface area contributed by atoms with Gasteiger partial charge in [0.2, 0.25) is 5.91 Å². The molecule has 5 heteroatoms. The van der Waals surface area contributed by atoms with Crippen molar-refractivity contribution in [2.45, 2.75) is 64.5 Å². The van der Waals surface area contributed by atoms with Gasteiger partial charge in [-0.1, -0.05) is 39.5 Å². The molecule has 120 valence electrons. The van der Waals surface area contributed by atoms with Crippen LogP contribution in [0, 0.1) is 5.92 Å². The van der Waals surface area contributed by atoms with Crippen LogP contribution in [0.5, 0.6) is 0 Å². The van der Waals surface area contributed by atoms with E-state index in [0.717, 1.165) is 25.0 Å². The second kappa shape index (κ2) is 12.5. The van der Waals surface area contributed by atoms with Crippen molar-refractivity contribution in [3.05, 3.63) is 0 Å². The second-order valence-electron chi connectivity index (χ2n) is 5.37. The van der Waals surface area contributed by atoms with Crippen LogP contribution in [0.25, 0.3) is 0 Å². The number of thioether (sulfide) groups is 1. The van der Waals surface area contributed by atoms with Crippen molar-refractivity contribution in [1.29, 1.82) is 0 Å². The maximum absolute atomic E-state index is 12.0. The van der Waals surface area contributed by atoms with Crippen molar-refractivity contribution in [1.82, 2.24) is 5.32 Å². The smallest absolute Gasteiger partial charge is 0.225 e. The topological polar surface area (TPSA) is 69.6 Å². The molecule has 0 saturated carbocycles. The fourth-order valence-corrected chi connectivity index (χ4v) is 2.53. The molecule has 3 atom stereocenters. The normalized spacial score (nSPS) is 15.7. The molecule has 0 unspecified atom stereocenters. The Bertz CT molecular complexity index is 251. The first kappa shape index (κ1) is 19.7. The van der Waals surface area contributed by atoms with Crippen molar-refractivity contribution >= 4 is 17.7 Å². The molecule has 0 saturated heterocycles. The third kappa shape index (κ3) is 8.82. The SMILES string of the molecule is CCCCCC[C@@H](O)[C@@H](C)C(=O)N[C@H](CO)CCSC. The van der Waals surface area contributed by atoms with E-state index in [1.54, 1.807) is 18.7 Å². The van der Waals surface area contributed by atoms with Gasteiger partial charge in [0.1, 0.15) is 0 Å². The van der Waals surface area contributed by atoms with Crippen LogP contribution in [0.3, 0.4) is 0 Å². The molecule has 0 radical (unpaired) electrons. The summed E-state index contributed by atoms with van der Waals surface area (Å²) >= 11 is 1.69. The Morgan fingerprint density at radius 2 is 1.95 bits per heavy atom. The highest BCUT2D eigenvalue weighted by Gasteiger charge is 2.23. The van der Waals surface area contributed by atoms with Crippen LogP contribution in [-0.2, 0) is 4.79 Å². The van der Waals surface area contributed by atoms with Gasteiger partial charge < -0.3 is 15.5 Å². The van der Waals surface area contributed by atoms with E-state index in [-0.39, 0.29) is 18.6 Å². The molecule has 0 heterocycles. The van der Waals surface area contributed by atoms with Crippen LogP contribution in [0.1, 0.15) is 52.4 Å². The van der Waals surface area contributed by atoms with Gasteiger partial charge in [0, 0.05) is 0 Å². The molecule has 0 aliphatic rings. The van der Waals surface area contributed by atoms with Gasteiger partial charge in [0.25, 0.3) is 0 Å². The maximum atomic E-state index is 12.0. The summed E-state index contributed by atoms with van der Waals surface area (Å²) in [5.41, 5.74) is 0. The lowest BCUT2D eigenvalue weighted by Crippen LogP contribution is -2.43. The van der Waals surface area contributed by atoms with Gasteiger partial charge in [-0.25, -0.2) is 0 Å². The summed E-state index contributed by atoms with van der Waals surface area (Å²) in [5.74, 6) is 0.326. The maximum Gasteiger partial charge on any atom is 0.225 e. The Morgan fingerprint density at radius 1 is 1.25 bits per heavy atom. The Hall–Kier alpha value is -0.260. The van der Waals surface area contributed by atoms with E-state index in [4.69, 9.17) is 0 Å². The molecule has 0 aliphatic heterocycles. The van der Waals surface area contributed by atoms with Crippen molar-refractivity contribution in [3.63, 3.8) is 0 Å². The first-order valence-electron chi connectivity index (χ1n) is 7.65. The highest BCUT2D eigenvalue weighted by molar-refractivity contribution is 7.98. The summed E-state index contributed by atoms with van der Waals surface area (Å²) in [6.45, 7) is 3.85. The number of hydrogen-bond acceptors (Lipinski definition) is 4. The minimum absolute atomic E-state index is 0.0500. The minimum Gasteiger partial charge on any atom is -0.394 e. The third-order valence-electron chi connectivity index (χ3n) is 3.58. The quantitative estimate of drug-likeness (QED) is 0.483. The number of rotatable bonds is 12. The van der Waals surface area contributed by atoms with Gasteiger partial charge in [-0.15, -0.1) is 0 Å². The van der Waals surface area contributed by atoms with Crippen LogP contribution in [0.4, 0.5) is 0 Å². The molecule has 0 aliphatic carbocycles. The molecular weight excluding hydrogens is 274 g/mol. The van der Waals surface area contributed by atoms with Crippen molar-refractivity contribution in [3.8, 4) is 0 Å². The predicted molar refractivity (Wildman–Crippen MR) is 85.9 cm³/mol. The van der Waals surface area contributed by atoms with Gasteiger partial charge in [-0.05, 0) is 24.9 Å². The van der Waals surface area contributed by atoms with Crippen molar-refractivity contribution in [2.75, 3.05) is 18.6 Å². The van der Waals surface area contributed by atoms with E-state index >= 15 is 0 Å². The van der Waals surface area contributed by atoms with Crippen LogP contribution < -0.4 is 5.32 Å². The molecule has 0 spiro atoms. The predicted octanol–water partition coefficient (Wildman–Crippen LogP) is 2.18. The molecule has 0 aromatic heterocycles. The van der Waals surface area contributed by atoms with Gasteiger partial charge in [0.15, 0.2) is 0 Å². The van der Waals surface area contributed by atoms with Gasteiger partial charge in [-0.2, -0.15) is 11.8 Å². The monoisotopic (exact) mass is 305 g/mol. The number of amides is 1. The van der Waals surface area contributed by atoms with E-state index < -0.39 is 12.0 Å². The van der Waals surface area contributed by atoms with Gasteiger partial charge in [0.05, 0.1) is 24.7 Å². The van der Waals surface area contributed by atoms with Crippen LogP contribution in [0.2, 0.25) is 0 Å². The number of hydrogen-bond donors (Lipinski definition) is 3. The number of aliphatic hydroxyl groups excluding tert-OH is 2. The fourth-order valence-electron chi connectivity index (χ4n) is 2.01. The summed E-state index contributed by atoms with van der Waals surface area (Å²) in [5, 5.41) is 22.1. The first-order valence-corrected chi connectivity index (χ1v) is 9.04. The number of aliphatic hydroxyl groups is 2. The molecule has 3 N–H and O–H groups in total. The Kier molecular flexibility index (Phi) is 12.3. The Balaban J connectivity index is 4.03. The van der Waals surface area contributed by atoms with E-state index in [0.29, 0.717) is 6.42 Å². The van der Waals surface area contributed by atoms with Gasteiger partial charge in [-0.3, -0.25) is 4.79 Å². The standard InChI is InChI=1S/C15H31NO3S/c1-4-5-6-7-8-14(18)12(2)15(19)16-13(11-17)9-10-20-3/h12-14,17-18H,4-11H2,1-3H3,(H,16,19)/t12-,13+,14-/m1/s1. The number of carbonyl (C=O) groups is 1. The molecule has 1 amide bonds. The summed E-state index contributed by atoms with van der Waals surface area (Å²) in [6, 6.07) is -0.204. The van der Waals surface area contributed by atoms with Crippen LogP contribution in [0.15, 0.2) is 0 Å². The highest BCUT2D eigenvalue weighted by Crippen LogP contribution is 2.13. The molecule has 0 bridgehead atoms. The molecular formula is C15H31NO3S. The molecule has 0 rings (SSSR count). The summed E-state index contributed by atoms with van der Waals surface area (Å²) < 4.78 is 0. The van der Waals surface area contributed by atoms with E-state index in [1.165, 1.54) is 12.8 Å². The number of nitrogens with one attached hydrogen (secondary N) is 1. The zero-order valence-corrected chi connectivity index (χ0v) is 13.9.